The van der Waals surface area contributed by atoms with Crippen molar-refractivity contribution < 1.29 is 14.1 Å². The quantitative estimate of drug-likeness (QED) is 0.215. The molecule has 3 aromatic carbocycles. The van der Waals surface area contributed by atoms with Crippen molar-refractivity contribution in [3.63, 3.8) is 0 Å². The molecule has 10 heteroatoms. The number of amides is 1. The molecular formula is C24H20FN5O3S. The topological polar surface area (TPSA) is 103 Å². The molecule has 0 fully saturated rings. The van der Waals surface area contributed by atoms with Crippen LogP contribution in [0.5, 0.6) is 0 Å². The summed E-state index contributed by atoms with van der Waals surface area (Å²) in [6.07, 6.45) is 0. The average molecular weight is 478 g/mol. The van der Waals surface area contributed by atoms with Gasteiger partial charge in [0, 0.05) is 29.1 Å². The maximum atomic E-state index is 13.2. The first-order valence-corrected chi connectivity index (χ1v) is 11.3. The van der Waals surface area contributed by atoms with Gasteiger partial charge in [-0.05, 0) is 48.9 Å². The Morgan fingerprint density at radius 2 is 1.74 bits per heavy atom. The van der Waals surface area contributed by atoms with Gasteiger partial charge in [0.05, 0.1) is 11.0 Å². The SMILES string of the molecule is CC(NC(=O)c1ccccc1)c1nnc(SCc2ccc(F)cc2)n1-c1ccc([N+](=O)[O-])cc1. The number of benzene rings is 3. The number of nitrogens with one attached hydrogen (secondary N) is 1. The summed E-state index contributed by atoms with van der Waals surface area (Å²) >= 11 is 1.39. The van der Waals surface area contributed by atoms with Crippen molar-refractivity contribution in [2.75, 3.05) is 0 Å². The van der Waals surface area contributed by atoms with Crippen LogP contribution in [0, 0.1) is 15.9 Å². The number of thioether (sulfide) groups is 1. The van der Waals surface area contributed by atoms with Crippen LogP contribution in [-0.4, -0.2) is 25.6 Å². The molecule has 1 aromatic heterocycles. The Hall–Kier alpha value is -4.05. The lowest BCUT2D eigenvalue weighted by atomic mass is 10.2. The maximum absolute atomic E-state index is 13.2. The van der Waals surface area contributed by atoms with Gasteiger partial charge in [0.15, 0.2) is 11.0 Å². The molecule has 1 atom stereocenters. The molecule has 0 saturated carbocycles. The van der Waals surface area contributed by atoms with Crippen LogP contribution in [0.1, 0.15) is 34.7 Å². The standard InChI is InChI=1S/C24H20FN5O3S/c1-16(26-23(31)18-5-3-2-4-6-18)22-27-28-24(34-15-17-7-9-19(25)10-8-17)29(22)20-11-13-21(14-12-20)30(32)33/h2-14,16H,15H2,1H3,(H,26,31). The predicted octanol–water partition coefficient (Wildman–Crippen LogP) is 5.10. The summed E-state index contributed by atoms with van der Waals surface area (Å²) in [6.45, 7) is 1.79. The lowest BCUT2D eigenvalue weighted by molar-refractivity contribution is -0.384. The minimum absolute atomic E-state index is 0.0377. The normalized spacial score (nSPS) is 11.7. The lowest BCUT2D eigenvalue weighted by Crippen LogP contribution is -2.28. The highest BCUT2D eigenvalue weighted by Crippen LogP contribution is 2.28. The highest BCUT2D eigenvalue weighted by atomic mass is 32.2. The van der Waals surface area contributed by atoms with Crippen molar-refractivity contribution >= 4 is 23.4 Å². The molecule has 4 aromatic rings. The van der Waals surface area contributed by atoms with Gasteiger partial charge in [0.25, 0.3) is 11.6 Å². The molecule has 1 unspecified atom stereocenters. The van der Waals surface area contributed by atoms with Gasteiger partial charge in [-0.1, -0.05) is 42.1 Å². The molecule has 0 aliphatic heterocycles. The minimum atomic E-state index is -0.504. The number of hydrogen-bond donors (Lipinski definition) is 1. The summed E-state index contributed by atoms with van der Waals surface area (Å²) < 4.78 is 15.0. The molecule has 1 amide bonds. The van der Waals surface area contributed by atoms with Crippen molar-refractivity contribution in [1.29, 1.82) is 0 Å². The fourth-order valence-electron chi connectivity index (χ4n) is 3.28. The summed E-state index contributed by atoms with van der Waals surface area (Å²) in [6, 6.07) is 20.5. The number of halogens is 1. The molecule has 172 valence electrons. The van der Waals surface area contributed by atoms with E-state index in [4.69, 9.17) is 0 Å². The second kappa shape index (κ2) is 10.3. The van der Waals surface area contributed by atoms with Crippen LogP contribution in [-0.2, 0) is 5.75 Å². The van der Waals surface area contributed by atoms with Crippen molar-refractivity contribution in [2.45, 2.75) is 23.9 Å². The number of non-ortho nitro benzene ring substituents is 1. The van der Waals surface area contributed by atoms with Crippen molar-refractivity contribution in [1.82, 2.24) is 20.1 Å². The third-order valence-electron chi connectivity index (χ3n) is 5.03. The summed E-state index contributed by atoms with van der Waals surface area (Å²) in [5.74, 6) is 0.413. The molecule has 34 heavy (non-hydrogen) atoms. The van der Waals surface area contributed by atoms with E-state index in [1.807, 2.05) is 6.07 Å². The van der Waals surface area contributed by atoms with E-state index in [-0.39, 0.29) is 17.4 Å². The third-order valence-corrected chi connectivity index (χ3v) is 6.03. The van der Waals surface area contributed by atoms with Crippen LogP contribution < -0.4 is 5.32 Å². The number of rotatable bonds is 8. The van der Waals surface area contributed by atoms with E-state index in [0.29, 0.717) is 28.0 Å². The first-order valence-electron chi connectivity index (χ1n) is 10.4. The largest absolute Gasteiger partial charge is 0.342 e. The molecule has 1 heterocycles. The van der Waals surface area contributed by atoms with E-state index in [1.54, 1.807) is 60.0 Å². The zero-order valence-electron chi connectivity index (χ0n) is 18.1. The van der Waals surface area contributed by atoms with E-state index in [0.717, 1.165) is 5.56 Å². The van der Waals surface area contributed by atoms with Gasteiger partial charge in [-0.25, -0.2) is 4.39 Å². The van der Waals surface area contributed by atoms with Gasteiger partial charge < -0.3 is 5.32 Å². The Morgan fingerprint density at radius 1 is 1.06 bits per heavy atom. The second-order valence-electron chi connectivity index (χ2n) is 7.43. The van der Waals surface area contributed by atoms with E-state index >= 15 is 0 Å². The highest BCUT2D eigenvalue weighted by molar-refractivity contribution is 7.98. The Labute approximate surface area is 199 Å². The van der Waals surface area contributed by atoms with Gasteiger partial charge in [-0.15, -0.1) is 10.2 Å². The molecule has 0 aliphatic carbocycles. The number of carbonyl (C=O) groups excluding carboxylic acids is 1. The van der Waals surface area contributed by atoms with Gasteiger partial charge in [0.1, 0.15) is 5.82 Å². The van der Waals surface area contributed by atoms with Gasteiger partial charge in [0.2, 0.25) is 0 Å². The summed E-state index contributed by atoms with van der Waals surface area (Å²) in [4.78, 5) is 23.3. The van der Waals surface area contributed by atoms with E-state index in [9.17, 15) is 19.3 Å². The molecular weight excluding hydrogens is 457 g/mol. The second-order valence-corrected chi connectivity index (χ2v) is 8.37. The fourth-order valence-corrected chi connectivity index (χ4v) is 4.20. The van der Waals surface area contributed by atoms with Crippen LogP contribution in [0.2, 0.25) is 0 Å². The van der Waals surface area contributed by atoms with Gasteiger partial charge in [-0.2, -0.15) is 0 Å². The number of nitro benzene ring substituents is 1. The van der Waals surface area contributed by atoms with Crippen molar-refractivity contribution in [2.24, 2.45) is 0 Å². The Morgan fingerprint density at radius 3 is 2.38 bits per heavy atom. The number of nitrogens with zero attached hydrogens (tertiary/aromatic N) is 4. The number of carbonyl (C=O) groups is 1. The predicted molar refractivity (Wildman–Crippen MR) is 126 cm³/mol. The first-order chi connectivity index (χ1) is 16.4. The zero-order valence-corrected chi connectivity index (χ0v) is 18.9. The van der Waals surface area contributed by atoms with Crippen LogP contribution in [0.15, 0.2) is 84.0 Å². The molecule has 0 aliphatic rings. The summed E-state index contributed by atoms with van der Waals surface area (Å²) in [7, 11) is 0. The minimum Gasteiger partial charge on any atom is -0.342 e. The third kappa shape index (κ3) is 5.29. The number of hydrogen-bond acceptors (Lipinski definition) is 6. The smallest absolute Gasteiger partial charge is 0.269 e. The Balaban J connectivity index is 1.64. The number of aromatic nitrogens is 3. The van der Waals surface area contributed by atoms with Crippen LogP contribution in [0.4, 0.5) is 10.1 Å². The fraction of sp³-hybridized carbons (Fsp3) is 0.125. The highest BCUT2D eigenvalue weighted by Gasteiger charge is 2.22. The average Bonchev–Trinajstić information content (AvgIpc) is 3.28. The molecule has 0 bridgehead atoms. The molecule has 4 rings (SSSR count). The van der Waals surface area contributed by atoms with Gasteiger partial charge in [-0.3, -0.25) is 19.5 Å². The monoisotopic (exact) mass is 477 g/mol. The van der Waals surface area contributed by atoms with E-state index in [2.05, 4.69) is 15.5 Å². The van der Waals surface area contributed by atoms with Crippen LogP contribution in [0.3, 0.4) is 0 Å². The maximum Gasteiger partial charge on any atom is 0.269 e. The van der Waals surface area contributed by atoms with Crippen LogP contribution >= 0.6 is 11.8 Å². The molecule has 0 radical (unpaired) electrons. The zero-order chi connectivity index (χ0) is 24.1. The molecule has 8 nitrogen and oxygen atoms in total. The first kappa shape index (κ1) is 23.1. The lowest BCUT2D eigenvalue weighted by Gasteiger charge is -2.16. The molecule has 1 N–H and O–H groups in total. The van der Waals surface area contributed by atoms with E-state index in [1.165, 1.54) is 36.0 Å². The van der Waals surface area contributed by atoms with Crippen LogP contribution in [0.25, 0.3) is 5.69 Å². The molecule has 0 spiro atoms. The van der Waals surface area contributed by atoms with E-state index < -0.39 is 11.0 Å². The number of nitro groups is 1. The molecule has 0 saturated heterocycles. The Bertz CT molecular complexity index is 1290. The Kier molecular flexibility index (Phi) is 6.98. The summed E-state index contributed by atoms with van der Waals surface area (Å²) in [5, 5.41) is 23.1. The van der Waals surface area contributed by atoms with Crippen molar-refractivity contribution in [3.05, 3.63) is 112 Å². The van der Waals surface area contributed by atoms with Crippen molar-refractivity contribution in [3.8, 4) is 5.69 Å². The van der Waals surface area contributed by atoms with Gasteiger partial charge >= 0.3 is 0 Å². The summed E-state index contributed by atoms with van der Waals surface area (Å²) in [5.41, 5.74) is 2.00.